The zero-order valence-corrected chi connectivity index (χ0v) is 9.19. The van der Waals surface area contributed by atoms with E-state index in [1.165, 1.54) is 5.57 Å². The highest BCUT2D eigenvalue weighted by Gasteiger charge is 2.28. The number of nitrogens with zero attached hydrogens (tertiary/aromatic N) is 1. The van der Waals surface area contributed by atoms with Crippen LogP contribution in [-0.2, 0) is 0 Å². The molecule has 1 fully saturated rings. The van der Waals surface area contributed by atoms with Crippen molar-refractivity contribution in [2.24, 2.45) is 0 Å². The first-order valence-electron chi connectivity index (χ1n) is 5.18. The molecule has 0 aromatic heterocycles. The molecular formula is C11H22N2. The molecule has 2 heteroatoms. The molecule has 1 aliphatic rings. The maximum Gasteiger partial charge on any atom is 0.0281 e. The van der Waals surface area contributed by atoms with E-state index in [1.54, 1.807) is 0 Å². The molecule has 1 heterocycles. The molecule has 2 nitrogen and oxygen atoms in total. The molecule has 0 spiro atoms. The van der Waals surface area contributed by atoms with Crippen molar-refractivity contribution in [3.8, 4) is 0 Å². The molecule has 0 saturated carbocycles. The molecule has 13 heavy (non-hydrogen) atoms. The molecule has 1 rings (SSSR count). The molecule has 0 atom stereocenters. The Morgan fingerprint density at radius 1 is 1.54 bits per heavy atom. The summed E-state index contributed by atoms with van der Waals surface area (Å²) in [6.07, 6.45) is 1.10. The lowest BCUT2D eigenvalue weighted by Crippen LogP contribution is -2.58. The molecular weight excluding hydrogens is 160 g/mol. The minimum Gasteiger partial charge on any atom is -0.314 e. The van der Waals surface area contributed by atoms with Gasteiger partial charge in [0.05, 0.1) is 0 Å². The van der Waals surface area contributed by atoms with Gasteiger partial charge in [0, 0.05) is 31.7 Å². The van der Waals surface area contributed by atoms with E-state index in [1.807, 2.05) is 0 Å². The summed E-state index contributed by atoms with van der Waals surface area (Å²) in [5.41, 5.74) is 1.63. The first-order valence-corrected chi connectivity index (χ1v) is 5.18. The summed E-state index contributed by atoms with van der Waals surface area (Å²) in [6, 6.07) is 0. The van der Waals surface area contributed by atoms with Crippen LogP contribution >= 0.6 is 0 Å². The molecule has 0 amide bonds. The molecule has 0 radical (unpaired) electrons. The third-order valence-corrected chi connectivity index (χ3v) is 2.89. The van der Waals surface area contributed by atoms with E-state index >= 15 is 0 Å². The summed E-state index contributed by atoms with van der Waals surface area (Å²) in [6.45, 7) is 15.2. The van der Waals surface area contributed by atoms with Crippen molar-refractivity contribution in [2.75, 3.05) is 26.2 Å². The molecule has 76 valence electrons. The van der Waals surface area contributed by atoms with E-state index in [0.29, 0.717) is 0 Å². The molecule has 0 bridgehead atoms. The van der Waals surface area contributed by atoms with E-state index in [4.69, 9.17) is 0 Å². The fourth-order valence-electron chi connectivity index (χ4n) is 1.70. The highest BCUT2D eigenvalue weighted by Crippen LogP contribution is 2.17. The molecule has 0 unspecified atom stereocenters. The molecule has 1 N–H and O–H groups in total. The summed E-state index contributed by atoms with van der Waals surface area (Å²) < 4.78 is 0. The predicted molar refractivity (Wildman–Crippen MR) is 58.0 cm³/mol. The normalized spacial score (nSPS) is 23.0. The van der Waals surface area contributed by atoms with Crippen LogP contribution < -0.4 is 5.32 Å². The molecule has 0 aromatic rings. The first-order chi connectivity index (χ1) is 6.06. The molecule has 1 aliphatic heterocycles. The predicted octanol–water partition coefficient (Wildman–Crippen LogP) is 1.64. The summed E-state index contributed by atoms with van der Waals surface area (Å²) >= 11 is 0. The molecule has 0 aliphatic carbocycles. The van der Waals surface area contributed by atoms with Crippen LogP contribution in [0.4, 0.5) is 0 Å². The quantitative estimate of drug-likeness (QED) is 0.667. The van der Waals surface area contributed by atoms with Crippen LogP contribution in [-0.4, -0.2) is 36.6 Å². The fourth-order valence-corrected chi connectivity index (χ4v) is 1.70. The van der Waals surface area contributed by atoms with Crippen LogP contribution in [0.15, 0.2) is 12.2 Å². The van der Waals surface area contributed by atoms with Crippen molar-refractivity contribution < 1.29 is 0 Å². The van der Waals surface area contributed by atoms with Gasteiger partial charge in [0.15, 0.2) is 0 Å². The van der Waals surface area contributed by atoms with Gasteiger partial charge in [0.2, 0.25) is 0 Å². The van der Waals surface area contributed by atoms with Gasteiger partial charge in [-0.1, -0.05) is 19.1 Å². The SMILES string of the molecule is C=C(CC)CN1CCNCC1(C)C. The first kappa shape index (κ1) is 10.7. The number of hydrogen-bond acceptors (Lipinski definition) is 2. The van der Waals surface area contributed by atoms with Gasteiger partial charge in [0.25, 0.3) is 0 Å². The topological polar surface area (TPSA) is 15.3 Å². The van der Waals surface area contributed by atoms with Crippen LogP contribution in [0.2, 0.25) is 0 Å². The Labute approximate surface area is 82.0 Å². The second-order valence-electron chi connectivity index (χ2n) is 4.51. The van der Waals surface area contributed by atoms with Crippen molar-refractivity contribution in [1.82, 2.24) is 10.2 Å². The Bertz CT molecular complexity index is 185. The standard InChI is InChI=1S/C11H22N2/c1-5-10(2)8-13-7-6-12-9-11(13,3)4/h12H,2,5-9H2,1,3-4H3. The Hall–Kier alpha value is -0.340. The maximum absolute atomic E-state index is 4.07. The highest BCUT2D eigenvalue weighted by atomic mass is 15.2. The minimum absolute atomic E-state index is 0.288. The minimum atomic E-state index is 0.288. The van der Waals surface area contributed by atoms with Crippen molar-refractivity contribution in [2.45, 2.75) is 32.7 Å². The van der Waals surface area contributed by atoms with E-state index < -0.39 is 0 Å². The van der Waals surface area contributed by atoms with Crippen LogP contribution in [0, 0.1) is 0 Å². The smallest absolute Gasteiger partial charge is 0.0281 e. The number of rotatable bonds is 3. The number of hydrogen-bond donors (Lipinski definition) is 1. The van der Waals surface area contributed by atoms with Crippen LogP contribution in [0.5, 0.6) is 0 Å². The Kier molecular flexibility index (Phi) is 3.51. The second-order valence-corrected chi connectivity index (χ2v) is 4.51. The van der Waals surface area contributed by atoms with Gasteiger partial charge in [0.1, 0.15) is 0 Å². The number of piperazine rings is 1. The van der Waals surface area contributed by atoms with E-state index in [-0.39, 0.29) is 5.54 Å². The Morgan fingerprint density at radius 3 is 2.77 bits per heavy atom. The number of nitrogens with one attached hydrogen (secondary N) is 1. The summed E-state index contributed by atoms with van der Waals surface area (Å²) in [4.78, 5) is 2.52. The zero-order valence-electron chi connectivity index (χ0n) is 9.19. The Morgan fingerprint density at radius 2 is 2.23 bits per heavy atom. The average molecular weight is 182 g/mol. The second kappa shape index (κ2) is 4.25. The van der Waals surface area contributed by atoms with Crippen molar-refractivity contribution in [3.63, 3.8) is 0 Å². The van der Waals surface area contributed by atoms with Crippen LogP contribution in [0.25, 0.3) is 0 Å². The highest BCUT2D eigenvalue weighted by molar-refractivity contribution is 5.00. The van der Waals surface area contributed by atoms with E-state index in [0.717, 1.165) is 32.6 Å². The summed E-state index contributed by atoms with van der Waals surface area (Å²) in [5.74, 6) is 0. The Balaban J connectivity index is 2.51. The van der Waals surface area contributed by atoms with Gasteiger partial charge in [-0.3, -0.25) is 4.90 Å². The lowest BCUT2D eigenvalue weighted by molar-refractivity contribution is 0.101. The zero-order chi connectivity index (χ0) is 9.90. The van der Waals surface area contributed by atoms with Gasteiger partial charge < -0.3 is 5.32 Å². The van der Waals surface area contributed by atoms with Gasteiger partial charge in [-0.15, -0.1) is 0 Å². The lowest BCUT2D eigenvalue weighted by atomic mass is 9.99. The third kappa shape index (κ3) is 2.82. The largest absolute Gasteiger partial charge is 0.314 e. The fraction of sp³-hybridized carbons (Fsp3) is 0.818. The van der Waals surface area contributed by atoms with Crippen molar-refractivity contribution >= 4 is 0 Å². The van der Waals surface area contributed by atoms with Gasteiger partial charge in [-0.05, 0) is 20.3 Å². The van der Waals surface area contributed by atoms with Crippen molar-refractivity contribution in [3.05, 3.63) is 12.2 Å². The van der Waals surface area contributed by atoms with Crippen LogP contribution in [0.1, 0.15) is 27.2 Å². The van der Waals surface area contributed by atoms with Gasteiger partial charge >= 0.3 is 0 Å². The van der Waals surface area contributed by atoms with E-state index in [2.05, 4.69) is 37.6 Å². The van der Waals surface area contributed by atoms with Crippen molar-refractivity contribution in [1.29, 1.82) is 0 Å². The average Bonchev–Trinajstić information content (AvgIpc) is 2.08. The summed E-state index contributed by atoms with van der Waals surface area (Å²) in [7, 11) is 0. The molecule has 0 aromatic carbocycles. The van der Waals surface area contributed by atoms with Gasteiger partial charge in [-0.2, -0.15) is 0 Å². The molecule has 1 saturated heterocycles. The maximum atomic E-state index is 4.07. The van der Waals surface area contributed by atoms with E-state index in [9.17, 15) is 0 Å². The van der Waals surface area contributed by atoms with Crippen LogP contribution in [0.3, 0.4) is 0 Å². The lowest BCUT2D eigenvalue weighted by Gasteiger charge is -2.43. The van der Waals surface area contributed by atoms with Gasteiger partial charge in [-0.25, -0.2) is 0 Å². The third-order valence-electron chi connectivity index (χ3n) is 2.89. The monoisotopic (exact) mass is 182 g/mol. The summed E-state index contributed by atoms with van der Waals surface area (Å²) in [5, 5.41) is 3.42.